The van der Waals surface area contributed by atoms with Gasteiger partial charge in [0.2, 0.25) is 5.91 Å². The maximum absolute atomic E-state index is 12.7. The molecule has 1 aromatic heterocycles. The van der Waals surface area contributed by atoms with Gasteiger partial charge in [0.25, 0.3) is 0 Å². The van der Waals surface area contributed by atoms with Crippen LogP contribution in [0.25, 0.3) is 11.1 Å². The van der Waals surface area contributed by atoms with E-state index < -0.39 is 5.97 Å². The quantitative estimate of drug-likeness (QED) is 0.441. The van der Waals surface area contributed by atoms with Crippen molar-refractivity contribution in [2.24, 2.45) is 0 Å². The van der Waals surface area contributed by atoms with E-state index in [4.69, 9.17) is 17.0 Å². The molecule has 0 spiro atoms. The van der Waals surface area contributed by atoms with E-state index in [1.165, 1.54) is 23.1 Å². The Morgan fingerprint density at radius 3 is 2.41 bits per heavy atom. The molecule has 0 aliphatic carbocycles. The van der Waals surface area contributed by atoms with Crippen LogP contribution in [0.4, 0.5) is 5.00 Å². The van der Waals surface area contributed by atoms with E-state index in [1.807, 2.05) is 56.0 Å². The lowest BCUT2D eigenvalue weighted by Crippen LogP contribution is -2.28. The highest BCUT2D eigenvalue weighted by atomic mass is 32.2. The molecule has 1 aromatic carbocycles. The van der Waals surface area contributed by atoms with Gasteiger partial charge in [-0.3, -0.25) is 4.79 Å². The van der Waals surface area contributed by atoms with E-state index in [1.54, 1.807) is 6.92 Å². The SMILES string of the molecule is CCOC(=O)c1c(NC(=O)CSC(=S)N(CC)CC)sc(C)c1-c1ccccc1. The minimum absolute atomic E-state index is 0.190. The minimum atomic E-state index is -0.433. The summed E-state index contributed by atoms with van der Waals surface area (Å²) in [7, 11) is 0. The highest BCUT2D eigenvalue weighted by Crippen LogP contribution is 2.40. The molecule has 0 bridgehead atoms. The Hall–Kier alpha value is -1.90. The molecule has 0 saturated heterocycles. The monoisotopic (exact) mass is 450 g/mol. The van der Waals surface area contributed by atoms with Crippen molar-refractivity contribution in [1.82, 2.24) is 4.90 Å². The first-order valence-electron chi connectivity index (χ1n) is 9.50. The number of thiocarbonyl (C=S) groups is 1. The number of ether oxygens (including phenoxy) is 1. The number of amides is 1. The molecule has 2 aromatic rings. The van der Waals surface area contributed by atoms with Crippen LogP contribution in [0.15, 0.2) is 30.3 Å². The zero-order valence-electron chi connectivity index (χ0n) is 17.1. The number of thiophene rings is 1. The lowest BCUT2D eigenvalue weighted by atomic mass is 10.0. The summed E-state index contributed by atoms with van der Waals surface area (Å²) in [6.45, 7) is 9.65. The molecule has 1 amide bonds. The first kappa shape index (κ1) is 23.4. The number of esters is 1. The van der Waals surface area contributed by atoms with Gasteiger partial charge in [-0.05, 0) is 33.3 Å². The van der Waals surface area contributed by atoms with Gasteiger partial charge in [0.05, 0.1) is 12.4 Å². The van der Waals surface area contributed by atoms with E-state index in [0.29, 0.717) is 14.9 Å². The van der Waals surface area contributed by atoms with Gasteiger partial charge in [-0.2, -0.15) is 0 Å². The second-order valence-corrected chi connectivity index (χ2v) is 8.93. The molecular formula is C21H26N2O3S3. The fraction of sp³-hybridized carbons (Fsp3) is 0.381. The minimum Gasteiger partial charge on any atom is -0.462 e. The van der Waals surface area contributed by atoms with Gasteiger partial charge < -0.3 is 15.0 Å². The Morgan fingerprint density at radius 2 is 1.83 bits per heavy atom. The number of rotatable bonds is 8. The predicted octanol–water partition coefficient (Wildman–Crippen LogP) is 5.20. The highest BCUT2D eigenvalue weighted by Gasteiger charge is 2.25. The fourth-order valence-electron chi connectivity index (χ4n) is 2.85. The summed E-state index contributed by atoms with van der Waals surface area (Å²) in [5.41, 5.74) is 2.13. The first-order valence-corrected chi connectivity index (χ1v) is 11.7. The largest absolute Gasteiger partial charge is 0.462 e. The van der Waals surface area contributed by atoms with Gasteiger partial charge in [0.1, 0.15) is 14.9 Å². The Morgan fingerprint density at radius 1 is 1.17 bits per heavy atom. The standard InChI is InChI=1S/C21H26N2O3S3/c1-5-23(6-2)21(27)28-13-16(24)22-19-18(20(25)26-7-3)17(14(4)29-19)15-11-9-8-10-12-15/h8-12H,5-7,13H2,1-4H3,(H,22,24). The maximum Gasteiger partial charge on any atom is 0.341 e. The Labute approximate surface area is 185 Å². The van der Waals surface area contributed by atoms with Crippen LogP contribution in [-0.2, 0) is 9.53 Å². The van der Waals surface area contributed by atoms with Crippen molar-refractivity contribution in [2.45, 2.75) is 27.7 Å². The number of nitrogens with zero attached hydrogens (tertiary/aromatic N) is 1. The second kappa shape index (κ2) is 11.3. The van der Waals surface area contributed by atoms with Crippen LogP contribution in [0, 0.1) is 6.92 Å². The molecule has 0 saturated carbocycles. The number of carbonyl (C=O) groups is 2. The summed E-state index contributed by atoms with van der Waals surface area (Å²) in [5.74, 6) is -0.442. The number of carbonyl (C=O) groups excluding carboxylic acids is 2. The van der Waals surface area contributed by atoms with Crippen LogP contribution in [0.2, 0.25) is 0 Å². The van der Waals surface area contributed by atoms with Crippen LogP contribution >= 0.6 is 35.3 Å². The Bertz CT molecular complexity index is 862. The molecule has 1 heterocycles. The number of hydrogen-bond donors (Lipinski definition) is 1. The predicted molar refractivity (Wildman–Crippen MR) is 127 cm³/mol. The van der Waals surface area contributed by atoms with Crippen LogP contribution in [0.5, 0.6) is 0 Å². The molecule has 0 radical (unpaired) electrons. The zero-order valence-corrected chi connectivity index (χ0v) is 19.6. The van der Waals surface area contributed by atoms with E-state index >= 15 is 0 Å². The summed E-state index contributed by atoms with van der Waals surface area (Å²) in [4.78, 5) is 28.2. The van der Waals surface area contributed by atoms with Crippen LogP contribution in [0.3, 0.4) is 0 Å². The van der Waals surface area contributed by atoms with Crippen molar-refractivity contribution in [2.75, 3.05) is 30.8 Å². The normalized spacial score (nSPS) is 10.5. The average Bonchev–Trinajstić information content (AvgIpc) is 3.03. The van der Waals surface area contributed by atoms with Crippen molar-refractivity contribution < 1.29 is 14.3 Å². The number of anilines is 1. The van der Waals surface area contributed by atoms with E-state index in [0.717, 1.165) is 29.1 Å². The smallest absolute Gasteiger partial charge is 0.341 e. The first-order chi connectivity index (χ1) is 13.9. The van der Waals surface area contributed by atoms with Gasteiger partial charge in [0, 0.05) is 23.5 Å². The maximum atomic E-state index is 12.7. The lowest BCUT2D eigenvalue weighted by molar-refractivity contribution is -0.113. The van der Waals surface area contributed by atoms with E-state index in [9.17, 15) is 9.59 Å². The molecule has 1 N–H and O–H groups in total. The highest BCUT2D eigenvalue weighted by molar-refractivity contribution is 8.23. The summed E-state index contributed by atoms with van der Waals surface area (Å²) in [5, 5.41) is 3.40. The average molecular weight is 451 g/mol. The molecule has 0 fully saturated rings. The van der Waals surface area contributed by atoms with Crippen LogP contribution in [-0.4, -0.2) is 46.5 Å². The summed E-state index contributed by atoms with van der Waals surface area (Å²) in [6.07, 6.45) is 0. The van der Waals surface area contributed by atoms with Crippen molar-refractivity contribution in [3.63, 3.8) is 0 Å². The van der Waals surface area contributed by atoms with Crippen molar-refractivity contribution in [3.05, 3.63) is 40.8 Å². The molecule has 0 atom stereocenters. The fourth-order valence-corrected chi connectivity index (χ4v) is 5.13. The topological polar surface area (TPSA) is 58.6 Å². The molecule has 0 aliphatic rings. The van der Waals surface area contributed by atoms with Crippen molar-refractivity contribution >= 4 is 56.5 Å². The van der Waals surface area contributed by atoms with Gasteiger partial charge in [-0.1, -0.05) is 54.3 Å². The van der Waals surface area contributed by atoms with Crippen molar-refractivity contribution in [3.8, 4) is 11.1 Å². The number of nitrogens with one attached hydrogen (secondary N) is 1. The van der Waals surface area contributed by atoms with E-state index in [2.05, 4.69) is 5.32 Å². The molecule has 156 valence electrons. The lowest BCUT2D eigenvalue weighted by Gasteiger charge is -2.20. The summed E-state index contributed by atoms with van der Waals surface area (Å²) >= 11 is 8.09. The zero-order chi connectivity index (χ0) is 21.4. The number of hydrogen-bond acceptors (Lipinski definition) is 6. The number of benzene rings is 1. The third-order valence-corrected chi connectivity index (χ3v) is 6.77. The van der Waals surface area contributed by atoms with Gasteiger partial charge in [-0.15, -0.1) is 11.3 Å². The number of aryl methyl sites for hydroxylation is 1. The third-order valence-electron chi connectivity index (χ3n) is 4.23. The molecule has 8 heteroatoms. The second-order valence-electron chi connectivity index (χ2n) is 6.10. The van der Waals surface area contributed by atoms with Gasteiger partial charge in [-0.25, -0.2) is 4.79 Å². The summed E-state index contributed by atoms with van der Waals surface area (Å²) < 4.78 is 5.97. The molecule has 29 heavy (non-hydrogen) atoms. The molecule has 5 nitrogen and oxygen atoms in total. The van der Waals surface area contributed by atoms with Gasteiger partial charge in [0.15, 0.2) is 0 Å². The molecular weight excluding hydrogens is 424 g/mol. The molecule has 0 unspecified atom stereocenters. The van der Waals surface area contributed by atoms with Crippen LogP contribution < -0.4 is 5.32 Å². The summed E-state index contributed by atoms with van der Waals surface area (Å²) in [6, 6.07) is 9.66. The molecule has 2 rings (SSSR count). The van der Waals surface area contributed by atoms with Crippen LogP contribution in [0.1, 0.15) is 36.0 Å². The van der Waals surface area contributed by atoms with Crippen molar-refractivity contribution in [1.29, 1.82) is 0 Å². The Balaban J connectivity index is 2.25. The molecule has 0 aliphatic heterocycles. The third kappa shape index (κ3) is 6.04. The van der Waals surface area contributed by atoms with E-state index in [-0.39, 0.29) is 18.3 Å². The van der Waals surface area contributed by atoms with Gasteiger partial charge >= 0.3 is 5.97 Å². The Kier molecular flexibility index (Phi) is 9.13. The number of thioether (sulfide) groups is 1.